The molecule has 1 heterocycles. The fourth-order valence-corrected chi connectivity index (χ4v) is 3.96. The lowest BCUT2D eigenvalue weighted by atomic mass is 10.1. The Hall–Kier alpha value is -2.34. The van der Waals surface area contributed by atoms with E-state index < -0.39 is 0 Å². The molecule has 1 aromatic heterocycles. The van der Waals surface area contributed by atoms with E-state index in [-0.39, 0.29) is 29.5 Å². The van der Waals surface area contributed by atoms with E-state index in [1.54, 1.807) is 18.2 Å². The summed E-state index contributed by atoms with van der Waals surface area (Å²) in [7, 11) is 0. The molecule has 7 heteroatoms. The molecule has 0 spiro atoms. The monoisotopic (exact) mass is 401 g/mol. The summed E-state index contributed by atoms with van der Waals surface area (Å²) in [6, 6.07) is 9.23. The van der Waals surface area contributed by atoms with E-state index in [1.807, 2.05) is 17.0 Å². The predicted molar refractivity (Wildman–Crippen MR) is 105 cm³/mol. The summed E-state index contributed by atoms with van der Waals surface area (Å²) in [6.07, 6.45) is 6.36. The molecule has 2 aromatic rings. The van der Waals surface area contributed by atoms with E-state index >= 15 is 0 Å². The van der Waals surface area contributed by atoms with Crippen molar-refractivity contribution in [2.45, 2.75) is 57.7 Å². The van der Waals surface area contributed by atoms with Crippen LogP contribution in [0.1, 0.15) is 60.3 Å². The first-order chi connectivity index (χ1) is 13.6. The van der Waals surface area contributed by atoms with Gasteiger partial charge in [-0.2, -0.15) is 0 Å². The third-order valence-electron chi connectivity index (χ3n) is 5.44. The van der Waals surface area contributed by atoms with Crippen LogP contribution in [0.15, 0.2) is 34.9 Å². The van der Waals surface area contributed by atoms with Crippen molar-refractivity contribution in [2.75, 3.05) is 0 Å². The maximum atomic E-state index is 12.7. The van der Waals surface area contributed by atoms with E-state index in [1.165, 1.54) is 0 Å². The summed E-state index contributed by atoms with van der Waals surface area (Å²) in [6.45, 7) is 0.741. The number of halogens is 1. The molecule has 0 unspecified atom stereocenters. The first kappa shape index (κ1) is 19.0. The Morgan fingerprint density at radius 2 is 1.96 bits per heavy atom. The average Bonchev–Trinajstić information content (AvgIpc) is 3.20. The zero-order valence-electron chi connectivity index (χ0n) is 15.7. The van der Waals surface area contributed by atoms with Crippen LogP contribution in [0.4, 0.5) is 0 Å². The van der Waals surface area contributed by atoms with Crippen LogP contribution in [0, 0.1) is 5.92 Å². The lowest BCUT2D eigenvalue weighted by Crippen LogP contribution is -2.39. The average molecular weight is 402 g/mol. The molecular weight excluding hydrogens is 378 g/mol. The van der Waals surface area contributed by atoms with Crippen LogP contribution in [0.2, 0.25) is 5.02 Å². The van der Waals surface area contributed by atoms with Crippen LogP contribution in [0.25, 0.3) is 0 Å². The van der Waals surface area contributed by atoms with E-state index in [9.17, 15) is 9.59 Å². The van der Waals surface area contributed by atoms with Gasteiger partial charge in [0.15, 0.2) is 11.5 Å². The van der Waals surface area contributed by atoms with E-state index in [0.717, 1.165) is 44.1 Å². The lowest BCUT2D eigenvalue weighted by Gasteiger charge is -2.28. The number of nitrogens with zero attached hydrogens (tertiary/aromatic N) is 2. The van der Waals surface area contributed by atoms with E-state index in [4.69, 9.17) is 16.1 Å². The Morgan fingerprint density at radius 1 is 1.18 bits per heavy atom. The molecule has 4 rings (SSSR count). The largest absolute Gasteiger partial charge is 0.359 e. The molecule has 0 aliphatic heterocycles. The highest BCUT2D eigenvalue weighted by Gasteiger charge is 2.37. The van der Waals surface area contributed by atoms with Gasteiger partial charge in [0, 0.05) is 29.6 Å². The Kier molecular flexibility index (Phi) is 5.67. The first-order valence-electron chi connectivity index (χ1n) is 9.89. The second-order valence-electron chi connectivity index (χ2n) is 7.67. The van der Waals surface area contributed by atoms with Gasteiger partial charge in [-0.3, -0.25) is 9.59 Å². The number of hydrogen-bond donors (Lipinski definition) is 1. The van der Waals surface area contributed by atoms with Gasteiger partial charge in [-0.1, -0.05) is 41.7 Å². The van der Waals surface area contributed by atoms with Crippen molar-refractivity contribution in [3.05, 3.63) is 52.4 Å². The van der Waals surface area contributed by atoms with Crippen molar-refractivity contribution >= 4 is 23.4 Å². The highest BCUT2D eigenvalue weighted by Crippen LogP contribution is 2.35. The Morgan fingerprint density at radius 3 is 2.68 bits per heavy atom. The number of aromatic nitrogens is 1. The number of rotatable bonds is 7. The molecule has 1 aromatic carbocycles. The molecule has 2 amide bonds. The number of hydrogen-bond acceptors (Lipinski definition) is 4. The fraction of sp³-hybridized carbons (Fsp3) is 0.476. The second kappa shape index (κ2) is 8.35. The van der Waals surface area contributed by atoms with Crippen molar-refractivity contribution in [1.82, 2.24) is 15.4 Å². The Bertz CT molecular complexity index is 856. The molecule has 2 fully saturated rings. The van der Waals surface area contributed by atoms with Crippen molar-refractivity contribution in [3.63, 3.8) is 0 Å². The molecule has 0 radical (unpaired) electrons. The fourth-order valence-electron chi connectivity index (χ4n) is 3.75. The van der Waals surface area contributed by atoms with Gasteiger partial charge in [0.2, 0.25) is 5.91 Å². The zero-order chi connectivity index (χ0) is 19.5. The van der Waals surface area contributed by atoms with Crippen LogP contribution < -0.4 is 5.32 Å². The zero-order valence-corrected chi connectivity index (χ0v) is 16.5. The van der Waals surface area contributed by atoms with Gasteiger partial charge >= 0.3 is 0 Å². The summed E-state index contributed by atoms with van der Waals surface area (Å²) in [5.74, 6) is 0.629. The second-order valence-corrected chi connectivity index (χ2v) is 8.11. The SMILES string of the molecule is O=C(NCc1cccc(Cl)c1)c1cc(CN(C(=O)C2CC2)C2CCCC2)on1. The van der Waals surface area contributed by atoms with Gasteiger partial charge in [-0.15, -0.1) is 0 Å². The summed E-state index contributed by atoms with van der Waals surface area (Å²) >= 11 is 5.96. The molecule has 28 heavy (non-hydrogen) atoms. The minimum absolute atomic E-state index is 0.170. The number of nitrogens with one attached hydrogen (secondary N) is 1. The van der Waals surface area contributed by atoms with Crippen molar-refractivity contribution < 1.29 is 14.1 Å². The number of carbonyl (C=O) groups excluding carboxylic acids is 2. The third kappa shape index (κ3) is 4.55. The molecule has 2 aliphatic carbocycles. The maximum Gasteiger partial charge on any atom is 0.273 e. The third-order valence-corrected chi connectivity index (χ3v) is 5.67. The van der Waals surface area contributed by atoms with Crippen LogP contribution in [0.3, 0.4) is 0 Å². The van der Waals surface area contributed by atoms with Crippen molar-refractivity contribution in [2.24, 2.45) is 5.92 Å². The Balaban J connectivity index is 1.38. The highest BCUT2D eigenvalue weighted by atomic mass is 35.5. The number of carbonyl (C=O) groups is 2. The molecule has 0 atom stereocenters. The number of benzene rings is 1. The van der Waals surface area contributed by atoms with Gasteiger partial charge in [0.05, 0.1) is 6.54 Å². The first-order valence-corrected chi connectivity index (χ1v) is 10.3. The Labute approximate surface area is 169 Å². The molecule has 1 N–H and O–H groups in total. The number of amides is 2. The normalized spacial score (nSPS) is 16.9. The van der Waals surface area contributed by atoms with E-state index in [2.05, 4.69) is 10.5 Å². The van der Waals surface area contributed by atoms with Gasteiger partial charge in [0.25, 0.3) is 5.91 Å². The lowest BCUT2D eigenvalue weighted by molar-refractivity contribution is -0.135. The van der Waals surface area contributed by atoms with Gasteiger partial charge in [-0.05, 0) is 43.4 Å². The molecule has 6 nitrogen and oxygen atoms in total. The van der Waals surface area contributed by atoms with E-state index in [0.29, 0.717) is 23.9 Å². The summed E-state index contributed by atoms with van der Waals surface area (Å²) in [5.41, 5.74) is 1.13. The summed E-state index contributed by atoms with van der Waals surface area (Å²) in [4.78, 5) is 27.0. The minimum atomic E-state index is -0.309. The maximum absolute atomic E-state index is 12.7. The summed E-state index contributed by atoms with van der Waals surface area (Å²) in [5, 5.41) is 7.34. The van der Waals surface area contributed by atoms with Crippen LogP contribution in [0.5, 0.6) is 0 Å². The predicted octanol–water partition coefficient (Wildman–Crippen LogP) is 3.94. The summed E-state index contributed by atoms with van der Waals surface area (Å²) < 4.78 is 5.37. The van der Waals surface area contributed by atoms with Gasteiger partial charge in [0.1, 0.15) is 0 Å². The molecule has 2 saturated carbocycles. The quantitative estimate of drug-likeness (QED) is 0.762. The molecular formula is C21H24ClN3O3. The van der Waals surface area contributed by atoms with Crippen LogP contribution in [-0.4, -0.2) is 27.9 Å². The van der Waals surface area contributed by atoms with Crippen LogP contribution >= 0.6 is 11.6 Å². The van der Waals surface area contributed by atoms with Gasteiger partial charge < -0.3 is 14.7 Å². The van der Waals surface area contributed by atoms with Crippen molar-refractivity contribution in [1.29, 1.82) is 0 Å². The molecule has 2 aliphatic rings. The van der Waals surface area contributed by atoms with Crippen molar-refractivity contribution in [3.8, 4) is 0 Å². The minimum Gasteiger partial charge on any atom is -0.359 e. The highest BCUT2D eigenvalue weighted by molar-refractivity contribution is 6.30. The standard InChI is InChI=1S/C21H24ClN3O3/c22-16-5-3-4-14(10-16)12-23-20(26)19-11-18(28-24-19)13-25(17-6-1-2-7-17)21(27)15-8-9-15/h3-5,10-11,15,17H,1-2,6-9,12-13H2,(H,23,26). The smallest absolute Gasteiger partial charge is 0.273 e. The molecule has 148 valence electrons. The molecule has 0 bridgehead atoms. The van der Waals surface area contributed by atoms with Gasteiger partial charge in [-0.25, -0.2) is 0 Å². The topological polar surface area (TPSA) is 75.4 Å². The van der Waals surface area contributed by atoms with Crippen LogP contribution in [-0.2, 0) is 17.9 Å². The molecule has 0 saturated heterocycles.